The summed E-state index contributed by atoms with van der Waals surface area (Å²) in [5.74, 6) is 1.55. The Labute approximate surface area is 230 Å². The number of likely N-dealkylation sites (N-methyl/N-ethyl adjacent to an activating group) is 1. The Kier molecular flexibility index (Phi) is 9.37. The van der Waals surface area contributed by atoms with E-state index in [4.69, 9.17) is 11.2 Å². The summed E-state index contributed by atoms with van der Waals surface area (Å²) in [5.41, 5.74) is 0.867. The molecule has 0 aliphatic heterocycles. The third-order valence-electron chi connectivity index (χ3n) is 6.56. The minimum atomic E-state index is -1.05. The second-order valence-electron chi connectivity index (χ2n) is 10.6. The third kappa shape index (κ3) is 7.38. The highest BCUT2D eigenvalue weighted by Gasteiger charge is 2.37. The summed E-state index contributed by atoms with van der Waals surface area (Å²) >= 11 is 0. The van der Waals surface area contributed by atoms with Crippen molar-refractivity contribution in [3.8, 4) is 12.3 Å². The molecule has 3 atom stereocenters. The lowest BCUT2D eigenvalue weighted by molar-refractivity contribution is -0.140. The van der Waals surface area contributed by atoms with Crippen molar-refractivity contribution < 1.29 is 19.1 Å². The number of carbonyl (C=O) groups is 3. The lowest BCUT2D eigenvalue weighted by Crippen LogP contribution is -2.53. The van der Waals surface area contributed by atoms with Gasteiger partial charge < -0.3 is 20.3 Å². The first-order chi connectivity index (χ1) is 18.4. The number of alkyl carbamates (subject to hydrolysis) is 1. The van der Waals surface area contributed by atoms with Gasteiger partial charge in [-0.25, -0.2) is 4.79 Å². The fraction of sp³-hybridized carbons (Fsp3) is 0.344. The van der Waals surface area contributed by atoms with E-state index in [1.807, 2.05) is 56.3 Å². The second kappa shape index (κ2) is 12.5. The Hall–Kier alpha value is -4.31. The van der Waals surface area contributed by atoms with E-state index in [9.17, 15) is 14.4 Å². The standard InChI is InChI=1S/C32H37N3O4/c1-8-21(3)27(34-31(38)39-32(4,5)6)30(37)35(7)28(26-17-13-12-14-22(26)9-2)29(36)33-25-19-18-23-15-10-11-16-24(23)20-25/h2,10-21,27-28H,8H2,1,3-7H3,(H,33,36)(H,34,38). The van der Waals surface area contributed by atoms with Crippen molar-refractivity contribution in [1.82, 2.24) is 10.2 Å². The van der Waals surface area contributed by atoms with Crippen LogP contribution in [-0.2, 0) is 14.3 Å². The zero-order chi connectivity index (χ0) is 28.7. The molecule has 7 heteroatoms. The van der Waals surface area contributed by atoms with Crippen LogP contribution in [-0.4, -0.2) is 41.5 Å². The predicted octanol–water partition coefficient (Wildman–Crippen LogP) is 5.90. The Morgan fingerprint density at radius 3 is 2.28 bits per heavy atom. The van der Waals surface area contributed by atoms with Gasteiger partial charge in [0, 0.05) is 18.3 Å². The Morgan fingerprint density at radius 2 is 1.64 bits per heavy atom. The highest BCUT2D eigenvalue weighted by molar-refractivity contribution is 6.00. The number of ether oxygens (including phenoxy) is 1. The van der Waals surface area contributed by atoms with Crippen molar-refractivity contribution in [3.63, 3.8) is 0 Å². The molecule has 3 unspecified atom stereocenters. The fourth-order valence-corrected chi connectivity index (χ4v) is 4.33. The number of benzene rings is 3. The summed E-state index contributed by atoms with van der Waals surface area (Å²) in [4.78, 5) is 41.7. The molecule has 0 saturated carbocycles. The van der Waals surface area contributed by atoms with Crippen molar-refractivity contribution in [2.75, 3.05) is 12.4 Å². The first-order valence-corrected chi connectivity index (χ1v) is 13.1. The van der Waals surface area contributed by atoms with Gasteiger partial charge in [-0.1, -0.05) is 74.7 Å². The van der Waals surface area contributed by atoms with Gasteiger partial charge in [-0.3, -0.25) is 9.59 Å². The molecule has 3 amide bonds. The van der Waals surface area contributed by atoms with E-state index in [1.165, 1.54) is 4.90 Å². The summed E-state index contributed by atoms with van der Waals surface area (Å²) in [7, 11) is 1.55. The molecular formula is C32H37N3O4. The number of fused-ring (bicyclic) bond motifs is 1. The van der Waals surface area contributed by atoms with Crippen LogP contribution in [0, 0.1) is 18.3 Å². The maximum Gasteiger partial charge on any atom is 0.408 e. The van der Waals surface area contributed by atoms with E-state index >= 15 is 0 Å². The molecule has 0 spiro atoms. The Bertz CT molecular complexity index is 1390. The summed E-state index contributed by atoms with van der Waals surface area (Å²) in [6, 6.07) is 18.5. The van der Waals surface area contributed by atoms with Gasteiger partial charge >= 0.3 is 6.09 Å². The molecule has 3 aromatic rings. The van der Waals surface area contributed by atoms with E-state index in [1.54, 1.807) is 52.1 Å². The molecule has 3 rings (SSSR count). The molecule has 39 heavy (non-hydrogen) atoms. The minimum absolute atomic E-state index is 0.223. The number of rotatable bonds is 8. The quantitative estimate of drug-likeness (QED) is 0.357. The summed E-state index contributed by atoms with van der Waals surface area (Å²) < 4.78 is 5.41. The molecular weight excluding hydrogens is 490 g/mol. The number of carbonyl (C=O) groups excluding carboxylic acids is 3. The molecule has 0 aromatic heterocycles. The van der Waals surface area contributed by atoms with Crippen LogP contribution in [0.4, 0.5) is 10.5 Å². The van der Waals surface area contributed by atoms with Crippen molar-refractivity contribution >= 4 is 34.4 Å². The Morgan fingerprint density at radius 1 is 1.00 bits per heavy atom. The normalized spacial score (nSPS) is 13.5. The number of nitrogens with one attached hydrogen (secondary N) is 2. The molecule has 7 nitrogen and oxygen atoms in total. The van der Waals surface area contributed by atoms with Crippen LogP contribution < -0.4 is 10.6 Å². The van der Waals surface area contributed by atoms with Gasteiger partial charge in [0.1, 0.15) is 17.7 Å². The second-order valence-corrected chi connectivity index (χ2v) is 10.6. The first kappa shape index (κ1) is 29.2. The molecule has 0 aliphatic carbocycles. The molecule has 0 bridgehead atoms. The smallest absolute Gasteiger partial charge is 0.408 e. The first-order valence-electron chi connectivity index (χ1n) is 13.1. The van der Waals surface area contributed by atoms with Crippen molar-refractivity contribution in [1.29, 1.82) is 0 Å². The summed E-state index contributed by atoms with van der Waals surface area (Å²) in [6.45, 7) is 9.06. The number of hydrogen-bond donors (Lipinski definition) is 2. The van der Waals surface area contributed by atoms with E-state index in [-0.39, 0.29) is 5.92 Å². The number of hydrogen-bond acceptors (Lipinski definition) is 4. The average molecular weight is 528 g/mol. The van der Waals surface area contributed by atoms with Gasteiger partial charge in [-0.15, -0.1) is 6.42 Å². The topological polar surface area (TPSA) is 87.7 Å². The van der Waals surface area contributed by atoms with Gasteiger partial charge in [0.05, 0.1) is 0 Å². The molecule has 204 valence electrons. The van der Waals surface area contributed by atoms with Gasteiger partial charge in [0.2, 0.25) is 5.91 Å². The molecule has 2 N–H and O–H groups in total. The molecule has 0 radical (unpaired) electrons. The van der Waals surface area contributed by atoms with E-state index in [0.717, 1.165) is 10.8 Å². The van der Waals surface area contributed by atoms with Crippen molar-refractivity contribution in [3.05, 3.63) is 77.9 Å². The van der Waals surface area contributed by atoms with Crippen LogP contribution in [0.2, 0.25) is 0 Å². The molecule has 0 fully saturated rings. The van der Waals surface area contributed by atoms with Crippen molar-refractivity contribution in [2.24, 2.45) is 5.92 Å². The monoisotopic (exact) mass is 527 g/mol. The molecule has 0 heterocycles. The van der Waals surface area contributed by atoms with Gasteiger partial charge in [-0.05, 0) is 61.2 Å². The third-order valence-corrected chi connectivity index (χ3v) is 6.56. The van der Waals surface area contributed by atoms with Gasteiger partial charge in [-0.2, -0.15) is 0 Å². The van der Waals surface area contributed by atoms with E-state index < -0.39 is 35.6 Å². The van der Waals surface area contributed by atoms with Gasteiger partial charge in [0.15, 0.2) is 0 Å². The lowest BCUT2D eigenvalue weighted by atomic mass is 9.94. The van der Waals surface area contributed by atoms with Crippen LogP contribution >= 0.6 is 0 Å². The maximum absolute atomic E-state index is 13.9. The molecule has 3 aromatic carbocycles. The average Bonchev–Trinajstić information content (AvgIpc) is 2.90. The number of terminal acetylenes is 1. The highest BCUT2D eigenvalue weighted by Crippen LogP contribution is 2.28. The predicted molar refractivity (Wildman–Crippen MR) is 155 cm³/mol. The van der Waals surface area contributed by atoms with Crippen LogP contribution in [0.5, 0.6) is 0 Å². The van der Waals surface area contributed by atoms with E-state index in [0.29, 0.717) is 23.2 Å². The zero-order valence-corrected chi connectivity index (χ0v) is 23.4. The summed E-state index contributed by atoms with van der Waals surface area (Å²) in [5, 5.41) is 7.70. The van der Waals surface area contributed by atoms with Crippen LogP contribution in [0.3, 0.4) is 0 Å². The Balaban J connectivity index is 1.98. The van der Waals surface area contributed by atoms with Crippen LogP contribution in [0.1, 0.15) is 58.2 Å². The number of nitrogens with zero attached hydrogens (tertiary/aromatic N) is 1. The van der Waals surface area contributed by atoms with Gasteiger partial charge in [0.25, 0.3) is 5.91 Å². The largest absolute Gasteiger partial charge is 0.444 e. The van der Waals surface area contributed by atoms with E-state index in [2.05, 4.69) is 16.6 Å². The van der Waals surface area contributed by atoms with Crippen molar-refractivity contribution in [2.45, 2.75) is 58.7 Å². The molecule has 0 saturated heterocycles. The highest BCUT2D eigenvalue weighted by atomic mass is 16.6. The fourth-order valence-electron chi connectivity index (χ4n) is 4.33. The molecule has 0 aliphatic rings. The van der Waals surface area contributed by atoms with Crippen LogP contribution in [0.15, 0.2) is 66.7 Å². The summed E-state index contributed by atoms with van der Waals surface area (Å²) in [6.07, 6.45) is 5.70. The zero-order valence-electron chi connectivity index (χ0n) is 23.4. The minimum Gasteiger partial charge on any atom is -0.444 e. The SMILES string of the molecule is C#Cc1ccccc1C(C(=O)Nc1ccc2ccccc2c1)N(C)C(=O)C(NC(=O)OC(C)(C)C)C(C)CC. The lowest BCUT2D eigenvalue weighted by Gasteiger charge is -2.34. The number of amides is 3. The van der Waals surface area contributed by atoms with Crippen LogP contribution in [0.25, 0.3) is 10.8 Å². The maximum atomic E-state index is 13.9. The number of anilines is 1.